The normalized spacial score (nSPS) is 21.4. The summed E-state index contributed by atoms with van der Waals surface area (Å²) in [6.45, 7) is 0.725. The van der Waals surface area contributed by atoms with Crippen LogP contribution in [0.5, 0.6) is 0 Å². The highest BCUT2D eigenvalue weighted by Crippen LogP contribution is 2.42. The van der Waals surface area contributed by atoms with Crippen LogP contribution in [-0.2, 0) is 17.5 Å². The van der Waals surface area contributed by atoms with Gasteiger partial charge in [-0.1, -0.05) is 0 Å². The van der Waals surface area contributed by atoms with Crippen molar-refractivity contribution in [2.45, 2.75) is 38.4 Å². The lowest BCUT2D eigenvalue weighted by Crippen LogP contribution is -2.48. The molecule has 3 aromatic rings. The van der Waals surface area contributed by atoms with Crippen molar-refractivity contribution in [1.82, 2.24) is 24.7 Å². The van der Waals surface area contributed by atoms with Gasteiger partial charge < -0.3 is 4.90 Å². The van der Waals surface area contributed by atoms with E-state index in [9.17, 15) is 26.7 Å². The second-order valence-corrected chi connectivity index (χ2v) is 8.71. The number of carbonyl (C=O) groups is 1. The summed E-state index contributed by atoms with van der Waals surface area (Å²) in [4.78, 5) is 28.7. The van der Waals surface area contributed by atoms with Gasteiger partial charge in [0.1, 0.15) is 23.7 Å². The summed E-state index contributed by atoms with van der Waals surface area (Å²) in [7, 11) is 0. The number of hydrogen-bond donors (Lipinski definition) is 0. The second-order valence-electron chi connectivity index (χ2n) is 8.71. The van der Waals surface area contributed by atoms with Crippen molar-refractivity contribution in [2.24, 2.45) is 5.41 Å². The van der Waals surface area contributed by atoms with Crippen LogP contribution in [0.2, 0.25) is 0 Å². The minimum absolute atomic E-state index is 0.0190. The zero-order valence-corrected chi connectivity index (χ0v) is 17.8. The van der Waals surface area contributed by atoms with Gasteiger partial charge >= 0.3 is 6.18 Å². The van der Waals surface area contributed by atoms with Gasteiger partial charge in [-0.05, 0) is 25.0 Å². The van der Waals surface area contributed by atoms with Gasteiger partial charge in [0.2, 0.25) is 5.91 Å². The minimum Gasteiger partial charge on any atom is -0.355 e. The quantitative estimate of drug-likeness (QED) is 0.531. The van der Waals surface area contributed by atoms with Crippen molar-refractivity contribution < 1.29 is 26.7 Å². The first-order valence-corrected chi connectivity index (χ1v) is 10.7. The molecule has 1 unspecified atom stereocenters. The third-order valence-electron chi connectivity index (χ3n) is 6.42. The number of piperidine rings is 1. The molecule has 2 fully saturated rings. The van der Waals surface area contributed by atoms with E-state index < -0.39 is 24.7 Å². The highest BCUT2D eigenvalue weighted by Gasteiger charge is 2.45. The molecule has 180 valence electrons. The first kappa shape index (κ1) is 22.4. The van der Waals surface area contributed by atoms with E-state index in [1.807, 2.05) is 4.90 Å². The zero-order valence-electron chi connectivity index (χ0n) is 17.8. The fourth-order valence-electron chi connectivity index (χ4n) is 4.68. The predicted molar refractivity (Wildman–Crippen MR) is 111 cm³/mol. The summed E-state index contributed by atoms with van der Waals surface area (Å²) >= 11 is 0. The summed E-state index contributed by atoms with van der Waals surface area (Å²) in [6, 6.07) is 1.77. The Morgan fingerprint density at radius 2 is 1.91 bits per heavy atom. The van der Waals surface area contributed by atoms with E-state index >= 15 is 0 Å². The summed E-state index contributed by atoms with van der Waals surface area (Å²) in [5.74, 6) is 0.212. The van der Waals surface area contributed by atoms with E-state index in [-0.39, 0.29) is 35.8 Å². The van der Waals surface area contributed by atoms with Gasteiger partial charge in [0, 0.05) is 37.7 Å². The Morgan fingerprint density at radius 3 is 2.68 bits per heavy atom. The molecule has 0 N–H and O–H groups in total. The van der Waals surface area contributed by atoms with E-state index in [1.54, 1.807) is 6.20 Å². The molecule has 1 spiro atoms. The number of rotatable bonds is 4. The lowest BCUT2D eigenvalue weighted by Gasteiger charge is -2.39. The molecule has 2 saturated heterocycles. The third kappa shape index (κ3) is 4.14. The first-order chi connectivity index (χ1) is 16.1. The maximum absolute atomic E-state index is 13.2. The number of fused-ring (bicyclic) bond motifs is 1. The zero-order chi connectivity index (χ0) is 24.1. The molecule has 5 heterocycles. The number of pyridine rings is 1. The predicted octanol–water partition coefficient (Wildman–Crippen LogP) is 3.53. The van der Waals surface area contributed by atoms with Gasteiger partial charge in [-0.3, -0.25) is 9.69 Å². The van der Waals surface area contributed by atoms with Crippen LogP contribution in [0, 0.1) is 5.41 Å². The van der Waals surface area contributed by atoms with E-state index in [0.29, 0.717) is 37.3 Å². The van der Waals surface area contributed by atoms with Crippen LogP contribution in [0.15, 0.2) is 30.7 Å². The van der Waals surface area contributed by atoms with Gasteiger partial charge in [-0.25, -0.2) is 28.4 Å². The molecule has 1 amide bonds. The molecule has 8 nitrogen and oxygen atoms in total. The number of anilines is 2. The van der Waals surface area contributed by atoms with E-state index in [2.05, 4.69) is 20.1 Å². The molecule has 0 aliphatic carbocycles. The maximum atomic E-state index is 13.2. The van der Waals surface area contributed by atoms with E-state index in [4.69, 9.17) is 0 Å². The van der Waals surface area contributed by atoms with Gasteiger partial charge in [0.25, 0.3) is 6.43 Å². The topological polar surface area (TPSA) is 80.0 Å². The van der Waals surface area contributed by atoms with Crippen LogP contribution in [0.4, 0.5) is 33.6 Å². The summed E-state index contributed by atoms with van der Waals surface area (Å²) < 4.78 is 66.3. The SMILES string of the molecule is O=C1CCC2(CCN(c3cnc4cnn(CC(F)F)c4n3)C2)CN1c1cc(C(F)(F)F)ccn1. The standard InChI is InChI=1S/C21H20F5N7O/c22-15(23)10-33-19-14(8-29-33)28-9-17(30-19)31-6-4-20(11-31)3-1-18(34)32(12-20)16-7-13(2-5-27-16)21(24,25)26/h2,5,7-9,15H,1,3-4,6,10-12H2. The maximum Gasteiger partial charge on any atom is 0.416 e. The number of amides is 1. The van der Waals surface area contributed by atoms with Gasteiger partial charge in [0.05, 0.1) is 18.0 Å². The highest BCUT2D eigenvalue weighted by atomic mass is 19.4. The molecule has 0 aromatic carbocycles. The van der Waals surface area contributed by atoms with Crippen LogP contribution in [0.1, 0.15) is 24.8 Å². The van der Waals surface area contributed by atoms with Crippen LogP contribution in [0.3, 0.4) is 0 Å². The molecular formula is C21H20F5N7O. The molecule has 5 rings (SSSR count). The number of nitrogens with zero attached hydrogens (tertiary/aromatic N) is 7. The molecule has 34 heavy (non-hydrogen) atoms. The van der Waals surface area contributed by atoms with Crippen LogP contribution in [-0.4, -0.2) is 56.7 Å². The molecule has 0 bridgehead atoms. The molecule has 0 radical (unpaired) electrons. The van der Waals surface area contributed by atoms with Crippen LogP contribution >= 0.6 is 0 Å². The molecule has 0 saturated carbocycles. The Bertz CT molecular complexity index is 1230. The fraction of sp³-hybridized carbons (Fsp3) is 0.476. The molecule has 2 aliphatic heterocycles. The van der Waals surface area contributed by atoms with Crippen molar-refractivity contribution in [1.29, 1.82) is 0 Å². The molecule has 2 aliphatic rings. The number of aromatic nitrogens is 5. The third-order valence-corrected chi connectivity index (χ3v) is 6.42. The smallest absolute Gasteiger partial charge is 0.355 e. The largest absolute Gasteiger partial charge is 0.416 e. The molecule has 3 aromatic heterocycles. The Kier molecular flexibility index (Phi) is 5.36. The lowest BCUT2D eigenvalue weighted by atomic mass is 9.79. The van der Waals surface area contributed by atoms with Crippen molar-refractivity contribution in [3.05, 3.63) is 36.3 Å². The number of alkyl halides is 5. The monoisotopic (exact) mass is 481 g/mol. The Labute approximate surface area is 190 Å². The first-order valence-electron chi connectivity index (χ1n) is 10.7. The molecule has 13 heteroatoms. The fourth-order valence-corrected chi connectivity index (χ4v) is 4.68. The summed E-state index contributed by atoms with van der Waals surface area (Å²) in [5, 5.41) is 3.92. The average molecular weight is 481 g/mol. The lowest BCUT2D eigenvalue weighted by molar-refractivity contribution is -0.137. The Balaban J connectivity index is 1.38. The van der Waals surface area contributed by atoms with Gasteiger partial charge in [-0.2, -0.15) is 18.3 Å². The molecular weight excluding hydrogens is 461 g/mol. The second kappa shape index (κ2) is 8.13. The summed E-state index contributed by atoms with van der Waals surface area (Å²) in [6.07, 6.45) is -1.67. The average Bonchev–Trinajstić information content (AvgIpc) is 3.39. The van der Waals surface area contributed by atoms with E-state index in [1.165, 1.54) is 11.1 Å². The van der Waals surface area contributed by atoms with Crippen molar-refractivity contribution in [2.75, 3.05) is 29.4 Å². The van der Waals surface area contributed by atoms with Crippen molar-refractivity contribution in [3.8, 4) is 0 Å². The van der Waals surface area contributed by atoms with Gasteiger partial charge in [-0.15, -0.1) is 0 Å². The molecule has 1 atom stereocenters. The number of hydrogen-bond acceptors (Lipinski definition) is 6. The number of halogens is 5. The summed E-state index contributed by atoms with van der Waals surface area (Å²) in [5.41, 5.74) is -0.554. The number of carbonyl (C=O) groups excluding carboxylic acids is 1. The van der Waals surface area contributed by atoms with Crippen molar-refractivity contribution >= 4 is 28.7 Å². The van der Waals surface area contributed by atoms with Crippen LogP contribution < -0.4 is 9.80 Å². The Morgan fingerprint density at radius 1 is 1.09 bits per heavy atom. The highest BCUT2D eigenvalue weighted by molar-refractivity contribution is 5.93. The Hall–Kier alpha value is -3.38. The minimum atomic E-state index is -4.54. The van der Waals surface area contributed by atoms with Crippen molar-refractivity contribution in [3.63, 3.8) is 0 Å². The van der Waals surface area contributed by atoms with Crippen LogP contribution in [0.25, 0.3) is 11.2 Å². The van der Waals surface area contributed by atoms with E-state index in [0.717, 1.165) is 23.0 Å². The van der Waals surface area contributed by atoms with Gasteiger partial charge in [0.15, 0.2) is 5.65 Å².